The van der Waals surface area contributed by atoms with E-state index in [2.05, 4.69) is 15.2 Å². The van der Waals surface area contributed by atoms with E-state index < -0.39 is 4.92 Å². The third kappa shape index (κ3) is 3.13. The summed E-state index contributed by atoms with van der Waals surface area (Å²) in [6.45, 7) is 0. The molecule has 0 aliphatic heterocycles. The van der Waals surface area contributed by atoms with Crippen molar-refractivity contribution in [1.29, 1.82) is 0 Å². The number of hydrogen-bond acceptors (Lipinski definition) is 8. The zero-order valence-corrected chi connectivity index (χ0v) is 14.0. The summed E-state index contributed by atoms with van der Waals surface area (Å²) in [5, 5.41) is 19.1. The van der Waals surface area contributed by atoms with E-state index in [1.165, 1.54) is 37.8 Å². The molecule has 4 aromatic rings. The number of nitrogens with zero attached hydrogens (tertiary/aromatic N) is 4. The lowest BCUT2D eigenvalue weighted by atomic mass is 10.1. The molecule has 0 atom stereocenters. The standard InChI is InChI=1S/C18H12N4O5/c1-25-17-9-15-13(8-14(17)18-21-20-10-26-18)16(6-7-19-15)27-12-4-2-11(3-5-12)22(23)24/h2-10H,1H3. The number of benzene rings is 2. The molecule has 9 nitrogen and oxygen atoms in total. The van der Waals surface area contributed by atoms with Crippen molar-refractivity contribution in [2.24, 2.45) is 0 Å². The molecule has 2 heterocycles. The molecule has 0 spiro atoms. The molecule has 0 radical (unpaired) electrons. The predicted molar refractivity (Wildman–Crippen MR) is 94.8 cm³/mol. The van der Waals surface area contributed by atoms with Crippen LogP contribution in [-0.4, -0.2) is 27.2 Å². The fraction of sp³-hybridized carbons (Fsp3) is 0.0556. The highest BCUT2D eigenvalue weighted by atomic mass is 16.6. The summed E-state index contributed by atoms with van der Waals surface area (Å²) in [6.07, 6.45) is 2.84. The van der Waals surface area contributed by atoms with Crippen molar-refractivity contribution in [3.8, 4) is 28.7 Å². The number of aromatic nitrogens is 3. The minimum atomic E-state index is -0.464. The molecule has 0 N–H and O–H groups in total. The maximum absolute atomic E-state index is 10.8. The maximum atomic E-state index is 10.8. The summed E-state index contributed by atoms with van der Waals surface area (Å²) in [5.41, 5.74) is 1.24. The highest BCUT2D eigenvalue weighted by Crippen LogP contribution is 2.37. The molecule has 9 heteroatoms. The maximum Gasteiger partial charge on any atom is 0.269 e. The van der Waals surface area contributed by atoms with Gasteiger partial charge in [0.25, 0.3) is 11.6 Å². The molecule has 0 aliphatic carbocycles. The van der Waals surface area contributed by atoms with Crippen LogP contribution in [0, 0.1) is 10.1 Å². The second-order valence-corrected chi connectivity index (χ2v) is 5.48. The average molecular weight is 364 g/mol. The second kappa shape index (κ2) is 6.71. The van der Waals surface area contributed by atoms with Crippen LogP contribution in [-0.2, 0) is 0 Å². The lowest BCUT2D eigenvalue weighted by Crippen LogP contribution is -1.93. The number of rotatable bonds is 5. The highest BCUT2D eigenvalue weighted by Gasteiger charge is 2.16. The Labute approximate surface area is 152 Å². The normalized spacial score (nSPS) is 10.7. The first kappa shape index (κ1) is 16.5. The van der Waals surface area contributed by atoms with E-state index in [0.717, 1.165) is 0 Å². The predicted octanol–water partition coefficient (Wildman–Crippen LogP) is 3.99. The van der Waals surface area contributed by atoms with E-state index >= 15 is 0 Å². The van der Waals surface area contributed by atoms with Crippen LogP contribution in [0.15, 0.2) is 59.5 Å². The Bertz CT molecular complexity index is 1110. The minimum Gasteiger partial charge on any atom is -0.496 e. The third-order valence-corrected chi connectivity index (χ3v) is 3.89. The number of pyridine rings is 1. The Kier molecular flexibility index (Phi) is 4.09. The number of hydrogen-bond donors (Lipinski definition) is 0. The molecule has 0 saturated heterocycles. The van der Waals surface area contributed by atoms with E-state index in [0.29, 0.717) is 39.6 Å². The number of non-ortho nitro benzene ring substituents is 1. The quantitative estimate of drug-likeness (QED) is 0.386. The summed E-state index contributed by atoms with van der Waals surface area (Å²) in [4.78, 5) is 14.7. The Morgan fingerprint density at radius 3 is 2.59 bits per heavy atom. The highest BCUT2D eigenvalue weighted by molar-refractivity contribution is 5.91. The summed E-state index contributed by atoms with van der Waals surface area (Å²) in [5.74, 6) is 1.83. The topological polar surface area (TPSA) is 113 Å². The van der Waals surface area contributed by atoms with Crippen LogP contribution < -0.4 is 9.47 Å². The lowest BCUT2D eigenvalue weighted by Gasteiger charge is -2.11. The number of nitro groups is 1. The van der Waals surface area contributed by atoms with Gasteiger partial charge in [-0.2, -0.15) is 0 Å². The molecular formula is C18H12N4O5. The minimum absolute atomic E-state index is 0.00893. The van der Waals surface area contributed by atoms with Crippen LogP contribution in [0.25, 0.3) is 22.4 Å². The Hall–Kier alpha value is -4.01. The Morgan fingerprint density at radius 2 is 1.93 bits per heavy atom. The van der Waals surface area contributed by atoms with Crippen molar-refractivity contribution in [3.05, 3.63) is 65.2 Å². The lowest BCUT2D eigenvalue weighted by molar-refractivity contribution is -0.384. The van der Waals surface area contributed by atoms with Crippen LogP contribution in [0.1, 0.15) is 0 Å². The van der Waals surface area contributed by atoms with Crippen LogP contribution in [0.2, 0.25) is 0 Å². The van der Waals surface area contributed by atoms with Gasteiger partial charge in [0.15, 0.2) is 0 Å². The van der Waals surface area contributed by atoms with Gasteiger partial charge in [-0.15, -0.1) is 10.2 Å². The molecule has 0 bridgehead atoms. The van der Waals surface area contributed by atoms with Crippen molar-refractivity contribution in [2.45, 2.75) is 0 Å². The molecule has 2 aromatic heterocycles. The fourth-order valence-corrected chi connectivity index (χ4v) is 2.63. The van der Waals surface area contributed by atoms with Crippen LogP contribution in [0.4, 0.5) is 5.69 Å². The van der Waals surface area contributed by atoms with Gasteiger partial charge < -0.3 is 13.9 Å². The van der Waals surface area contributed by atoms with Crippen molar-refractivity contribution in [3.63, 3.8) is 0 Å². The summed E-state index contributed by atoms with van der Waals surface area (Å²) >= 11 is 0. The molecule has 2 aromatic carbocycles. The van der Waals surface area contributed by atoms with Gasteiger partial charge in [-0.25, -0.2) is 0 Å². The average Bonchev–Trinajstić information content (AvgIpc) is 3.22. The van der Waals surface area contributed by atoms with Crippen molar-refractivity contribution < 1.29 is 18.8 Å². The monoisotopic (exact) mass is 364 g/mol. The molecule has 4 rings (SSSR count). The summed E-state index contributed by atoms with van der Waals surface area (Å²) < 4.78 is 16.6. The van der Waals surface area contributed by atoms with Crippen molar-refractivity contribution >= 4 is 16.6 Å². The van der Waals surface area contributed by atoms with Gasteiger partial charge in [-0.05, 0) is 24.3 Å². The van der Waals surface area contributed by atoms with Crippen LogP contribution >= 0.6 is 0 Å². The zero-order chi connectivity index (χ0) is 18.8. The number of ether oxygens (including phenoxy) is 2. The summed E-state index contributed by atoms with van der Waals surface area (Å²) in [7, 11) is 1.54. The zero-order valence-electron chi connectivity index (χ0n) is 14.0. The number of methoxy groups -OCH3 is 1. The van der Waals surface area contributed by atoms with E-state index in [1.54, 1.807) is 24.4 Å². The first-order valence-electron chi connectivity index (χ1n) is 7.81. The van der Waals surface area contributed by atoms with Gasteiger partial charge in [0.05, 0.1) is 23.1 Å². The molecule has 0 aliphatic rings. The largest absolute Gasteiger partial charge is 0.496 e. The van der Waals surface area contributed by atoms with E-state index in [1.807, 2.05) is 0 Å². The molecule has 0 amide bonds. The van der Waals surface area contributed by atoms with Gasteiger partial charge in [0.1, 0.15) is 17.2 Å². The molecule has 0 saturated carbocycles. The molecule has 0 fully saturated rings. The van der Waals surface area contributed by atoms with E-state index in [4.69, 9.17) is 13.9 Å². The van der Waals surface area contributed by atoms with Crippen molar-refractivity contribution in [1.82, 2.24) is 15.2 Å². The molecular weight excluding hydrogens is 352 g/mol. The van der Waals surface area contributed by atoms with Gasteiger partial charge in [0, 0.05) is 29.8 Å². The molecule has 134 valence electrons. The Balaban J connectivity index is 1.79. The first-order valence-corrected chi connectivity index (χ1v) is 7.81. The fourth-order valence-electron chi connectivity index (χ4n) is 2.63. The molecule has 27 heavy (non-hydrogen) atoms. The first-order chi connectivity index (χ1) is 13.2. The number of nitro benzene ring substituents is 1. The smallest absolute Gasteiger partial charge is 0.269 e. The summed E-state index contributed by atoms with van der Waals surface area (Å²) in [6, 6.07) is 11.1. The SMILES string of the molecule is COc1cc2nccc(Oc3ccc([N+](=O)[O-])cc3)c2cc1-c1nnco1. The van der Waals surface area contributed by atoms with Crippen LogP contribution in [0.5, 0.6) is 17.2 Å². The Morgan fingerprint density at radius 1 is 1.11 bits per heavy atom. The van der Waals surface area contributed by atoms with Gasteiger partial charge >= 0.3 is 0 Å². The molecule has 0 unspecified atom stereocenters. The van der Waals surface area contributed by atoms with E-state index in [-0.39, 0.29) is 5.69 Å². The van der Waals surface area contributed by atoms with Gasteiger partial charge in [0.2, 0.25) is 6.39 Å². The second-order valence-electron chi connectivity index (χ2n) is 5.48. The van der Waals surface area contributed by atoms with E-state index in [9.17, 15) is 10.1 Å². The van der Waals surface area contributed by atoms with Crippen LogP contribution in [0.3, 0.4) is 0 Å². The van der Waals surface area contributed by atoms with Gasteiger partial charge in [-0.1, -0.05) is 0 Å². The van der Waals surface area contributed by atoms with Gasteiger partial charge in [-0.3, -0.25) is 15.1 Å². The van der Waals surface area contributed by atoms with Crippen molar-refractivity contribution in [2.75, 3.05) is 7.11 Å². The number of fused-ring (bicyclic) bond motifs is 1. The third-order valence-electron chi connectivity index (χ3n) is 3.89.